The number of rotatable bonds is 3. The van der Waals surface area contributed by atoms with Crippen LogP contribution in [0, 0.1) is 23.0 Å². The zero-order valence-electron chi connectivity index (χ0n) is 15.0. The third-order valence-corrected chi connectivity index (χ3v) is 5.21. The maximum absolute atomic E-state index is 14.9. The maximum Gasteiger partial charge on any atom is 0.263 e. The highest BCUT2D eigenvalue weighted by Crippen LogP contribution is 2.37. The first-order valence-corrected chi connectivity index (χ1v) is 8.88. The molecule has 2 heterocycles. The second kappa shape index (κ2) is 6.87. The van der Waals surface area contributed by atoms with Gasteiger partial charge in [0.25, 0.3) is 5.56 Å². The van der Waals surface area contributed by atoms with E-state index in [0.717, 1.165) is 0 Å². The van der Waals surface area contributed by atoms with Crippen LogP contribution in [-0.4, -0.2) is 24.0 Å². The van der Waals surface area contributed by atoms with Crippen LogP contribution < -0.4 is 15.6 Å². The number of fused-ring (bicyclic) bond motifs is 2. The SMILES string of the molecule is COc1ccc(C(=O)c2c3n(c(=O)c4c(F)c(C#N)c(F)c(Cl)c24)CCN3)cc1. The van der Waals surface area contributed by atoms with Crippen LogP contribution in [0.1, 0.15) is 21.5 Å². The zero-order chi connectivity index (χ0) is 20.9. The molecule has 146 valence electrons. The number of ether oxygens (including phenoxy) is 1. The quantitative estimate of drug-likeness (QED) is 0.523. The number of pyridine rings is 1. The number of carbonyl (C=O) groups is 1. The van der Waals surface area contributed by atoms with Crippen molar-refractivity contribution in [3.8, 4) is 11.8 Å². The van der Waals surface area contributed by atoms with Crippen molar-refractivity contribution in [3.63, 3.8) is 0 Å². The van der Waals surface area contributed by atoms with Crippen molar-refractivity contribution in [2.45, 2.75) is 6.54 Å². The molecule has 1 aromatic heterocycles. The van der Waals surface area contributed by atoms with Crippen LogP contribution in [0.5, 0.6) is 5.75 Å². The fraction of sp³-hybridized carbons (Fsp3) is 0.150. The Hall–Kier alpha value is -3.44. The van der Waals surface area contributed by atoms with Crippen LogP contribution in [0.4, 0.5) is 14.6 Å². The number of carbonyl (C=O) groups excluding carboxylic acids is 1. The van der Waals surface area contributed by atoms with E-state index in [1.165, 1.54) is 29.9 Å². The minimum Gasteiger partial charge on any atom is -0.497 e. The molecule has 0 atom stereocenters. The second-order valence-corrected chi connectivity index (χ2v) is 6.72. The predicted octanol–water partition coefficient (Wildman–Crippen LogP) is 3.47. The normalized spacial score (nSPS) is 12.4. The van der Waals surface area contributed by atoms with E-state index in [9.17, 15) is 18.4 Å². The van der Waals surface area contributed by atoms with Gasteiger partial charge in [-0.25, -0.2) is 8.78 Å². The summed E-state index contributed by atoms with van der Waals surface area (Å²) in [7, 11) is 1.48. The molecule has 1 aliphatic rings. The molecule has 0 bridgehead atoms. The van der Waals surface area contributed by atoms with Crippen molar-refractivity contribution >= 4 is 34.0 Å². The smallest absolute Gasteiger partial charge is 0.263 e. The Labute approximate surface area is 167 Å². The number of nitrogens with zero attached hydrogens (tertiary/aromatic N) is 2. The van der Waals surface area contributed by atoms with Crippen LogP contribution in [-0.2, 0) is 6.54 Å². The number of nitrogens with one attached hydrogen (secondary N) is 1. The number of aromatic nitrogens is 1. The molecule has 29 heavy (non-hydrogen) atoms. The number of benzene rings is 2. The topological polar surface area (TPSA) is 84.1 Å². The van der Waals surface area contributed by atoms with Gasteiger partial charge in [-0.05, 0) is 24.3 Å². The van der Waals surface area contributed by atoms with E-state index in [1.807, 2.05) is 0 Å². The van der Waals surface area contributed by atoms with Crippen molar-refractivity contribution in [1.82, 2.24) is 4.57 Å². The molecule has 3 aromatic rings. The summed E-state index contributed by atoms with van der Waals surface area (Å²) >= 11 is 6.10. The molecule has 1 aliphatic heterocycles. The van der Waals surface area contributed by atoms with Crippen LogP contribution in [0.3, 0.4) is 0 Å². The summed E-state index contributed by atoms with van der Waals surface area (Å²) in [4.78, 5) is 26.1. The van der Waals surface area contributed by atoms with Gasteiger partial charge in [-0.3, -0.25) is 14.2 Å². The van der Waals surface area contributed by atoms with Gasteiger partial charge in [-0.15, -0.1) is 0 Å². The molecular weight excluding hydrogens is 404 g/mol. The number of nitriles is 1. The highest BCUT2D eigenvalue weighted by atomic mass is 35.5. The Morgan fingerprint density at radius 1 is 1.24 bits per heavy atom. The van der Waals surface area contributed by atoms with Crippen molar-refractivity contribution in [2.75, 3.05) is 19.0 Å². The zero-order valence-corrected chi connectivity index (χ0v) is 15.7. The lowest BCUT2D eigenvalue weighted by Gasteiger charge is -2.16. The summed E-state index contributed by atoms with van der Waals surface area (Å²) in [5.41, 5.74) is -1.67. The molecule has 1 N–H and O–H groups in total. The van der Waals surface area contributed by atoms with Gasteiger partial charge in [0.1, 0.15) is 23.2 Å². The van der Waals surface area contributed by atoms with Gasteiger partial charge < -0.3 is 10.1 Å². The number of hydrogen-bond acceptors (Lipinski definition) is 5. The maximum atomic E-state index is 14.9. The molecule has 0 fully saturated rings. The Morgan fingerprint density at radius 2 is 1.93 bits per heavy atom. The third-order valence-electron chi connectivity index (χ3n) is 4.86. The fourth-order valence-corrected chi connectivity index (χ4v) is 3.76. The summed E-state index contributed by atoms with van der Waals surface area (Å²) in [5.74, 6) is -2.58. The van der Waals surface area contributed by atoms with Gasteiger partial charge in [0.05, 0.1) is 23.1 Å². The number of ketones is 1. The van der Waals surface area contributed by atoms with Crippen LogP contribution in [0.25, 0.3) is 10.8 Å². The number of anilines is 1. The Morgan fingerprint density at radius 3 is 2.55 bits per heavy atom. The molecule has 4 rings (SSSR count). The van der Waals surface area contributed by atoms with Crippen molar-refractivity contribution in [1.29, 1.82) is 5.26 Å². The first-order chi connectivity index (χ1) is 13.9. The highest BCUT2D eigenvalue weighted by molar-refractivity contribution is 6.38. The third kappa shape index (κ3) is 2.66. The average Bonchev–Trinajstić information content (AvgIpc) is 3.22. The second-order valence-electron chi connectivity index (χ2n) is 6.34. The van der Waals surface area contributed by atoms with Gasteiger partial charge in [0, 0.05) is 24.0 Å². The van der Waals surface area contributed by atoms with Crippen molar-refractivity contribution in [2.24, 2.45) is 0 Å². The van der Waals surface area contributed by atoms with E-state index in [2.05, 4.69) is 5.32 Å². The molecule has 0 unspecified atom stereocenters. The first-order valence-electron chi connectivity index (χ1n) is 8.50. The van der Waals surface area contributed by atoms with E-state index < -0.39 is 38.9 Å². The van der Waals surface area contributed by atoms with Crippen molar-refractivity contribution < 1.29 is 18.3 Å². The monoisotopic (exact) mass is 415 g/mol. The molecule has 0 radical (unpaired) electrons. The van der Waals surface area contributed by atoms with Crippen LogP contribution in [0.2, 0.25) is 5.02 Å². The Bertz CT molecular complexity index is 1290. The van der Waals surface area contributed by atoms with Gasteiger partial charge in [0.15, 0.2) is 17.4 Å². The summed E-state index contributed by atoms with van der Waals surface area (Å²) < 4.78 is 35.7. The lowest BCUT2D eigenvalue weighted by molar-refractivity contribution is 0.104. The number of halogens is 3. The molecule has 0 saturated heterocycles. The average molecular weight is 416 g/mol. The number of hydrogen-bond donors (Lipinski definition) is 1. The number of methoxy groups -OCH3 is 1. The summed E-state index contributed by atoms with van der Waals surface area (Å²) in [6, 6.07) is 7.50. The fourth-order valence-electron chi connectivity index (χ4n) is 3.47. The van der Waals surface area contributed by atoms with E-state index >= 15 is 0 Å². The van der Waals surface area contributed by atoms with E-state index in [4.69, 9.17) is 21.6 Å². The predicted molar refractivity (Wildman–Crippen MR) is 103 cm³/mol. The minimum absolute atomic E-state index is 0.130. The van der Waals surface area contributed by atoms with Gasteiger partial charge in [-0.2, -0.15) is 5.26 Å². The summed E-state index contributed by atoms with van der Waals surface area (Å²) in [6.07, 6.45) is 0. The van der Waals surface area contributed by atoms with Crippen molar-refractivity contribution in [3.05, 3.63) is 68.0 Å². The summed E-state index contributed by atoms with van der Waals surface area (Å²) in [5, 5.41) is 10.4. The molecule has 0 spiro atoms. The van der Waals surface area contributed by atoms with Crippen LogP contribution in [0.15, 0.2) is 29.1 Å². The summed E-state index contributed by atoms with van der Waals surface area (Å²) in [6.45, 7) is 0.505. The minimum atomic E-state index is -1.33. The lowest BCUT2D eigenvalue weighted by Crippen LogP contribution is -2.23. The molecule has 9 heteroatoms. The largest absolute Gasteiger partial charge is 0.497 e. The molecule has 0 amide bonds. The standard InChI is InChI=1S/C20H12ClF2N3O3/c1-29-10-4-2-9(3-5-10)18(27)14-12-13(20(28)26-7-6-25-19(14)26)16(22)11(8-24)17(23)15(12)21/h2-5,25H,6-7H2,1H3. The van der Waals surface area contributed by atoms with E-state index in [-0.39, 0.29) is 28.9 Å². The highest BCUT2D eigenvalue weighted by Gasteiger charge is 2.31. The molecule has 2 aromatic carbocycles. The molecule has 0 aliphatic carbocycles. The molecular formula is C20H12ClF2N3O3. The van der Waals surface area contributed by atoms with Gasteiger partial charge in [0.2, 0.25) is 0 Å². The molecule has 6 nitrogen and oxygen atoms in total. The Kier molecular flexibility index (Phi) is 4.47. The Balaban J connectivity index is 2.13. The molecule has 0 saturated carbocycles. The van der Waals surface area contributed by atoms with E-state index in [0.29, 0.717) is 12.3 Å². The lowest BCUT2D eigenvalue weighted by atomic mass is 9.96. The van der Waals surface area contributed by atoms with E-state index in [1.54, 1.807) is 12.1 Å². The van der Waals surface area contributed by atoms with Gasteiger partial charge >= 0.3 is 0 Å². The van der Waals surface area contributed by atoms with Gasteiger partial charge in [-0.1, -0.05) is 11.6 Å². The van der Waals surface area contributed by atoms with Crippen LogP contribution >= 0.6 is 11.6 Å². The first kappa shape index (κ1) is 18.9.